The van der Waals surface area contributed by atoms with Crippen molar-refractivity contribution in [3.8, 4) is 0 Å². The summed E-state index contributed by atoms with van der Waals surface area (Å²) in [5.74, 6) is 1.16. The normalized spacial score (nSPS) is 31.4. The maximum Gasteiger partial charge on any atom is 0.0920 e. The van der Waals surface area contributed by atoms with Crippen LogP contribution >= 0.6 is 0 Å². The van der Waals surface area contributed by atoms with E-state index in [1.54, 1.807) is 0 Å². The molecule has 3 heteroatoms. The van der Waals surface area contributed by atoms with Crippen LogP contribution in [0.5, 0.6) is 0 Å². The second kappa shape index (κ2) is 4.78. The SMILES string of the molecule is CC1CCN(C(C)CC(=N)N)C(C)C1. The lowest BCUT2D eigenvalue weighted by molar-refractivity contribution is 0.0923. The van der Waals surface area contributed by atoms with Crippen molar-refractivity contribution < 1.29 is 0 Å². The molecule has 3 nitrogen and oxygen atoms in total. The minimum atomic E-state index is 0.309. The maximum atomic E-state index is 7.30. The minimum Gasteiger partial charge on any atom is -0.388 e. The number of rotatable bonds is 3. The van der Waals surface area contributed by atoms with Crippen LogP contribution in [0.25, 0.3) is 0 Å². The molecular formula is C11H23N3. The average molecular weight is 197 g/mol. The molecule has 0 spiro atoms. The Labute approximate surface area is 87.2 Å². The van der Waals surface area contributed by atoms with Crippen LogP contribution < -0.4 is 5.73 Å². The van der Waals surface area contributed by atoms with E-state index in [2.05, 4.69) is 25.7 Å². The van der Waals surface area contributed by atoms with Gasteiger partial charge in [-0.3, -0.25) is 10.3 Å². The second-order valence-electron chi connectivity index (χ2n) is 4.79. The predicted molar refractivity (Wildman–Crippen MR) is 60.6 cm³/mol. The Morgan fingerprint density at radius 1 is 1.57 bits per heavy atom. The zero-order chi connectivity index (χ0) is 10.7. The largest absolute Gasteiger partial charge is 0.388 e. The Morgan fingerprint density at radius 3 is 2.71 bits per heavy atom. The summed E-state index contributed by atoms with van der Waals surface area (Å²) in [5, 5.41) is 7.30. The van der Waals surface area contributed by atoms with Gasteiger partial charge in [0.1, 0.15) is 0 Å². The first kappa shape index (κ1) is 11.5. The molecule has 14 heavy (non-hydrogen) atoms. The third-order valence-corrected chi connectivity index (χ3v) is 3.27. The highest BCUT2D eigenvalue weighted by Gasteiger charge is 2.26. The molecule has 0 radical (unpaired) electrons. The fraction of sp³-hybridized carbons (Fsp3) is 0.909. The molecule has 3 unspecified atom stereocenters. The van der Waals surface area contributed by atoms with Crippen molar-refractivity contribution in [2.45, 2.75) is 52.1 Å². The van der Waals surface area contributed by atoms with Crippen molar-refractivity contribution in [2.75, 3.05) is 6.54 Å². The third-order valence-electron chi connectivity index (χ3n) is 3.27. The van der Waals surface area contributed by atoms with Crippen LogP contribution in [0.3, 0.4) is 0 Å². The number of hydrogen-bond donors (Lipinski definition) is 2. The molecule has 1 aliphatic rings. The summed E-state index contributed by atoms with van der Waals surface area (Å²) in [6.07, 6.45) is 3.27. The lowest BCUT2D eigenvalue weighted by Gasteiger charge is -2.40. The molecule has 1 saturated heterocycles. The van der Waals surface area contributed by atoms with Crippen LogP contribution in [0.4, 0.5) is 0 Å². The smallest absolute Gasteiger partial charge is 0.0920 e. The molecular weight excluding hydrogens is 174 g/mol. The van der Waals surface area contributed by atoms with Gasteiger partial charge in [0.2, 0.25) is 0 Å². The van der Waals surface area contributed by atoms with Gasteiger partial charge in [0.05, 0.1) is 5.84 Å². The van der Waals surface area contributed by atoms with Gasteiger partial charge in [-0.05, 0) is 39.2 Å². The molecule has 1 heterocycles. The topological polar surface area (TPSA) is 53.1 Å². The lowest BCUT2D eigenvalue weighted by Crippen LogP contribution is -2.46. The zero-order valence-electron chi connectivity index (χ0n) is 9.59. The van der Waals surface area contributed by atoms with Crippen molar-refractivity contribution in [1.29, 1.82) is 5.41 Å². The molecule has 1 fully saturated rings. The molecule has 1 rings (SSSR count). The molecule has 0 aromatic carbocycles. The first-order valence-electron chi connectivity index (χ1n) is 5.59. The van der Waals surface area contributed by atoms with Gasteiger partial charge in [0.15, 0.2) is 0 Å². The summed E-state index contributed by atoms with van der Waals surface area (Å²) >= 11 is 0. The van der Waals surface area contributed by atoms with E-state index >= 15 is 0 Å². The van der Waals surface area contributed by atoms with E-state index in [0.717, 1.165) is 12.5 Å². The van der Waals surface area contributed by atoms with Crippen LogP contribution in [0.2, 0.25) is 0 Å². The van der Waals surface area contributed by atoms with Gasteiger partial charge >= 0.3 is 0 Å². The zero-order valence-corrected chi connectivity index (χ0v) is 9.59. The number of likely N-dealkylation sites (tertiary alicyclic amines) is 1. The first-order valence-corrected chi connectivity index (χ1v) is 5.59. The van der Waals surface area contributed by atoms with Crippen LogP contribution in [-0.2, 0) is 0 Å². The molecule has 0 aromatic rings. The summed E-state index contributed by atoms with van der Waals surface area (Å²) in [4.78, 5) is 2.49. The number of nitrogens with two attached hydrogens (primary N) is 1. The highest BCUT2D eigenvalue weighted by molar-refractivity contribution is 5.77. The fourth-order valence-corrected chi connectivity index (χ4v) is 2.52. The first-order chi connectivity index (χ1) is 6.50. The molecule has 0 aromatic heterocycles. The molecule has 1 aliphatic heterocycles. The molecule has 3 N–H and O–H groups in total. The van der Waals surface area contributed by atoms with Gasteiger partial charge < -0.3 is 5.73 Å². The molecule has 0 saturated carbocycles. The van der Waals surface area contributed by atoms with E-state index in [1.807, 2.05) is 0 Å². The van der Waals surface area contributed by atoms with Crippen molar-refractivity contribution >= 4 is 5.84 Å². The second-order valence-corrected chi connectivity index (χ2v) is 4.79. The number of nitrogens with one attached hydrogen (secondary N) is 1. The highest BCUT2D eigenvalue weighted by atomic mass is 15.2. The Hall–Kier alpha value is -0.570. The number of nitrogens with zero attached hydrogens (tertiary/aromatic N) is 1. The van der Waals surface area contributed by atoms with Crippen molar-refractivity contribution in [2.24, 2.45) is 11.7 Å². The Kier molecular flexibility index (Phi) is 3.93. The van der Waals surface area contributed by atoms with Crippen LogP contribution in [0.1, 0.15) is 40.0 Å². The monoisotopic (exact) mass is 197 g/mol. The Balaban J connectivity index is 2.46. The maximum absolute atomic E-state index is 7.30. The molecule has 3 atom stereocenters. The molecule has 82 valence electrons. The minimum absolute atomic E-state index is 0.309. The average Bonchev–Trinajstić information content (AvgIpc) is 2.01. The number of amidine groups is 1. The summed E-state index contributed by atoms with van der Waals surface area (Å²) in [6, 6.07) is 1.07. The van der Waals surface area contributed by atoms with Gasteiger partial charge in [-0.25, -0.2) is 0 Å². The van der Waals surface area contributed by atoms with Gasteiger partial charge in [-0.1, -0.05) is 6.92 Å². The Morgan fingerprint density at radius 2 is 2.21 bits per heavy atom. The van der Waals surface area contributed by atoms with E-state index in [0.29, 0.717) is 24.3 Å². The van der Waals surface area contributed by atoms with Gasteiger partial charge in [0, 0.05) is 18.5 Å². The van der Waals surface area contributed by atoms with Gasteiger partial charge in [-0.2, -0.15) is 0 Å². The van der Waals surface area contributed by atoms with Crippen LogP contribution in [-0.4, -0.2) is 29.4 Å². The van der Waals surface area contributed by atoms with Crippen molar-refractivity contribution in [3.63, 3.8) is 0 Å². The summed E-state index contributed by atoms with van der Waals surface area (Å²) < 4.78 is 0. The number of piperidine rings is 1. The van der Waals surface area contributed by atoms with Gasteiger partial charge in [-0.15, -0.1) is 0 Å². The van der Waals surface area contributed by atoms with E-state index in [9.17, 15) is 0 Å². The fourth-order valence-electron chi connectivity index (χ4n) is 2.52. The molecule has 0 amide bonds. The highest BCUT2D eigenvalue weighted by Crippen LogP contribution is 2.24. The molecule has 0 aliphatic carbocycles. The van der Waals surface area contributed by atoms with E-state index < -0.39 is 0 Å². The summed E-state index contributed by atoms with van der Waals surface area (Å²) in [7, 11) is 0. The third kappa shape index (κ3) is 2.98. The van der Waals surface area contributed by atoms with Crippen molar-refractivity contribution in [3.05, 3.63) is 0 Å². The quantitative estimate of drug-likeness (QED) is 0.535. The number of hydrogen-bond acceptors (Lipinski definition) is 2. The summed E-state index contributed by atoms with van der Waals surface area (Å²) in [6.45, 7) is 7.94. The Bertz CT molecular complexity index is 203. The predicted octanol–water partition coefficient (Wildman–Crippen LogP) is 1.82. The van der Waals surface area contributed by atoms with Gasteiger partial charge in [0.25, 0.3) is 0 Å². The summed E-state index contributed by atoms with van der Waals surface area (Å²) in [5.41, 5.74) is 5.43. The standard InChI is InChI=1S/C11H23N3/c1-8-4-5-14(9(2)6-8)10(3)7-11(12)13/h8-10H,4-7H2,1-3H3,(H3,12,13). The van der Waals surface area contributed by atoms with Crippen LogP contribution in [0.15, 0.2) is 0 Å². The van der Waals surface area contributed by atoms with E-state index in [4.69, 9.17) is 11.1 Å². The van der Waals surface area contributed by atoms with E-state index in [-0.39, 0.29) is 0 Å². The molecule has 0 bridgehead atoms. The van der Waals surface area contributed by atoms with E-state index in [1.165, 1.54) is 12.8 Å². The lowest BCUT2D eigenvalue weighted by atomic mass is 9.92. The van der Waals surface area contributed by atoms with Crippen molar-refractivity contribution in [1.82, 2.24) is 4.90 Å². The van der Waals surface area contributed by atoms with Crippen LogP contribution in [0, 0.1) is 11.3 Å².